The van der Waals surface area contributed by atoms with Crippen molar-refractivity contribution in [1.82, 2.24) is 0 Å². The first-order valence-electron chi connectivity index (χ1n) is 3.89. The lowest BCUT2D eigenvalue weighted by atomic mass is 10.3. The van der Waals surface area contributed by atoms with Gasteiger partial charge < -0.3 is 0 Å². The van der Waals surface area contributed by atoms with E-state index in [1.54, 1.807) is 0 Å². The summed E-state index contributed by atoms with van der Waals surface area (Å²) in [7, 11) is 0. The molecule has 0 N–H and O–H groups in total. The molecular formula is C7Cl2F8Si. The van der Waals surface area contributed by atoms with E-state index in [4.69, 9.17) is 22.2 Å². The van der Waals surface area contributed by atoms with Crippen LogP contribution in [0.5, 0.6) is 0 Å². The Bertz CT molecular complexity index is 468. The molecule has 1 rings (SSSR count). The molecule has 0 bridgehead atoms. The molecule has 0 aliphatic heterocycles. The third-order valence-corrected chi connectivity index (χ3v) is 6.08. The van der Waals surface area contributed by atoms with Crippen LogP contribution in [-0.2, 0) is 0 Å². The highest BCUT2D eigenvalue weighted by atomic mass is 35.7. The lowest BCUT2D eigenvalue weighted by Crippen LogP contribution is -2.54. The fourth-order valence-corrected chi connectivity index (χ4v) is 3.07. The van der Waals surface area contributed by atoms with Crippen molar-refractivity contribution < 1.29 is 35.1 Å². The number of rotatable bonds is 1. The smallest absolute Gasteiger partial charge is 0.204 e. The Balaban J connectivity index is 3.72. The summed E-state index contributed by atoms with van der Waals surface area (Å²) in [5, 5.41) is -2.23. The molecule has 18 heavy (non-hydrogen) atoms. The molecule has 0 heterocycles. The molecular weight excluding hydrogens is 335 g/mol. The van der Waals surface area contributed by atoms with Crippen LogP contribution >= 0.6 is 22.2 Å². The van der Waals surface area contributed by atoms with Gasteiger partial charge >= 0.3 is 12.5 Å². The molecule has 0 amide bonds. The van der Waals surface area contributed by atoms with E-state index in [-0.39, 0.29) is 0 Å². The third-order valence-electron chi connectivity index (χ3n) is 1.88. The molecule has 0 fully saturated rings. The molecule has 1 aromatic carbocycles. The molecule has 102 valence electrons. The molecule has 0 spiro atoms. The maximum atomic E-state index is 13.1. The normalized spacial score (nSPS) is 13.0. The minimum Gasteiger partial charge on any atom is -0.204 e. The van der Waals surface area contributed by atoms with Gasteiger partial charge in [-0.15, -0.1) is 22.2 Å². The van der Waals surface area contributed by atoms with Crippen LogP contribution in [0.1, 0.15) is 0 Å². The second-order valence-corrected chi connectivity index (χ2v) is 9.21. The highest BCUT2D eigenvalue weighted by Gasteiger charge is 2.61. The first kappa shape index (κ1) is 15.5. The van der Waals surface area contributed by atoms with Crippen LogP contribution in [0, 0.1) is 29.1 Å². The predicted octanol–water partition coefficient (Wildman–Crippen LogP) is 3.61. The predicted molar refractivity (Wildman–Crippen MR) is 49.4 cm³/mol. The average Bonchev–Trinajstić information content (AvgIpc) is 2.22. The van der Waals surface area contributed by atoms with Gasteiger partial charge in [0.1, 0.15) is 0 Å². The Labute approximate surface area is 105 Å². The molecule has 11 heteroatoms. The maximum absolute atomic E-state index is 13.1. The van der Waals surface area contributed by atoms with Gasteiger partial charge in [-0.2, -0.15) is 13.2 Å². The molecule has 0 unspecified atom stereocenters. The van der Waals surface area contributed by atoms with Gasteiger partial charge in [-0.3, -0.25) is 0 Å². The van der Waals surface area contributed by atoms with E-state index in [1.807, 2.05) is 0 Å². The van der Waals surface area contributed by atoms with Gasteiger partial charge in [0, 0.05) is 0 Å². The van der Waals surface area contributed by atoms with Crippen molar-refractivity contribution in [3.05, 3.63) is 29.1 Å². The summed E-state index contributed by atoms with van der Waals surface area (Å²) < 4.78 is 101. The zero-order valence-electron chi connectivity index (χ0n) is 7.78. The second-order valence-electron chi connectivity index (χ2n) is 3.02. The summed E-state index contributed by atoms with van der Waals surface area (Å²) in [6.07, 6.45) is 0. The lowest BCUT2D eigenvalue weighted by Gasteiger charge is -2.21. The monoisotopic (exact) mass is 334 g/mol. The van der Waals surface area contributed by atoms with Crippen molar-refractivity contribution in [3.8, 4) is 0 Å². The van der Waals surface area contributed by atoms with Gasteiger partial charge in [-0.25, -0.2) is 22.0 Å². The third kappa shape index (κ3) is 2.18. The van der Waals surface area contributed by atoms with Crippen molar-refractivity contribution in [1.29, 1.82) is 0 Å². The summed E-state index contributed by atoms with van der Waals surface area (Å²) in [5.41, 5.74) is 0. The van der Waals surface area contributed by atoms with E-state index in [9.17, 15) is 35.1 Å². The van der Waals surface area contributed by atoms with Crippen LogP contribution < -0.4 is 5.19 Å². The Morgan fingerprint density at radius 2 is 0.944 bits per heavy atom. The molecule has 0 aliphatic carbocycles. The fourth-order valence-electron chi connectivity index (χ4n) is 1.02. The molecule has 0 aromatic heterocycles. The largest absolute Gasteiger partial charge is 0.404 e. The van der Waals surface area contributed by atoms with E-state index in [2.05, 4.69) is 0 Å². The van der Waals surface area contributed by atoms with E-state index in [0.29, 0.717) is 0 Å². The van der Waals surface area contributed by atoms with E-state index in [0.717, 1.165) is 0 Å². The molecule has 0 radical (unpaired) electrons. The van der Waals surface area contributed by atoms with Gasteiger partial charge in [0.15, 0.2) is 23.3 Å². The minimum absolute atomic E-state index is 2.23. The summed E-state index contributed by atoms with van der Waals surface area (Å²) >= 11 is 9.58. The Morgan fingerprint density at radius 1 is 0.667 bits per heavy atom. The fraction of sp³-hybridized carbons (Fsp3) is 0.143. The quantitative estimate of drug-likeness (QED) is 0.242. The molecule has 0 saturated heterocycles. The SMILES string of the molecule is Fc1c(F)c(F)c([Si](Cl)(Cl)C(F)(F)F)c(F)c1F. The zero-order valence-corrected chi connectivity index (χ0v) is 10.3. The highest BCUT2D eigenvalue weighted by Crippen LogP contribution is 2.37. The molecule has 0 aliphatic rings. The van der Waals surface area contributed by atoms with Crippen molar-refractivity contribution in [2.45, 2.75) is 5.80 Å². The van der Waals surface area contributed by atoms with E-state index in [1.165, 1.54) is 0 Å². The Morgan fingerprint density at radius 3 is 1.22 bits per heavy atom. The highest BCUT2D eigenvalue weighted by molar-refractivity contribution is 7.51. The van der Waals surface area contributed by atoms with Gasteiger partial charge in [0.25, 0.3) is 0 Å². The van der Waals surface area contributed by atoms with Crippen molar-refractivity contribution in [2.24, 2.45) is 0 Å². The molecule has 0 saturated carbocycles. The van der Waals surface area contributed by atoms with Gasteiger partial charge in [0.05, 0.1) is 5.19 Å². The minimum atomic E-state index is -5.91. The number of halogens is 10. The van der Waals surface area contributed by atoms with Crippen LogP contribution in [0.2, 0.25) is 0 Å². The number of hydrogen-bond donors (Lipinski definition) is 0. The number of benzene rings is 1. The van der Waals surface area contributed by atoms with Crippen LogP contribution in [0.4, 0.5) is 35.1 Å². The Hall–Kier alpha value is -0.543. The van der Waals surface area contributed by atoms with Crippen LogP contribution in [0.25, 0.3) is 0 Å². The van der Waals surface area contributed by atoms with E-state index >= 15 is 0 Å². The van der Waals surface area contributed by atoms with Gasteiger partial charge in [-0.05, 0) is 0 Å². The topological polar surface area (TPSA) is 0 Å². The molecule has 1 aromatic rings. The van der Waals surface area contributed by atoms with Crippen molar-refractivity contribution in [2.75, 3.05) is 0 Å². The maximum Gasteiger partial charge on any atom is 0.404 e. The van der Waals surface area contributed by atoms with Crippen LogP contribution in [-0.4, -0.2) is 12.5 Å². The zero-order chi connectivity index (χ0) is 14.5. The number of hydrogen-bond acceptors (Lipinski definition) is 0. The van der Waals surface area contributed by atoms with E-state index < -0.39 is 46.8 Å². The summed E-state index contributed by atoms with van der Waals surface area (Å²) in [5.74, 6) is -18.5. The lowest BCUT2D eigenvalue weighted by molar-refractivity contribution is -0.0493. The van der Waals surface area contributed by atoms with Gasteiger partial charge in [-0.1, -0.05) is 0 Å². The average molecular weight is 335 g/mol. The van der Waals surface area contributed by atoms with Crippen molar-refractivity contribution >= 4 is 34.0 Å². The first-order valence-corrected chi connectivity index (χ1v) is 7.91. The summed E-state index contributed by atoms with van der Waals surface area (Å²) in [6.45, 7) is -5.91. The van der Waals surface area contributed by atoms with Gasteiger partial charge in [0.2, 0.25) is 5.82 Å². The van der Waals surface area contributed by atoms with Crippen LogP contribution in [0.15, 0.2) is 0 Å². The summed E-state index contributed by atoms with van der Waals surface area (Å²) in [4.78, 5) is 0. The van der Waals surface area contributed by atoms with Crippen molar-refractivity contribution in [3.63, 3.8) is 0 Å². The van der Waals surface area contributed by atoms with Crippen LogP contribution in [0.3, 0.4) is 0 Å². The summed E-state index contributed by atoms with van der Waals surface area (Å²) in [6, 6.07) is 0. The first-order chi connectivity index (χ1) is 7.93. The Kier molecular flexibility index (Phi) is 3.91. The molecule has 0 nitrogen and oxygen atoms in total. The molecule has 0 atom stereocenters. The standard InChI is InChI=1S/C7Cl2F8Si/c8-18(9,7(15,16)17)6-4(13)2(11)1(10)3(12)5(6)14. The second kappa shape index (κ2) is 4.53. The number of alkyl halides is 3.